The maximum absolute atomic E-state index is 15.6. The van der Waals surface area contributed by atoms with E-state index in [1.807, 2.05) is 13.8 Å². The van der Waals surface area contributed by atoms with Crippen LogP contribution in [0.5, 0.6) is 5.88 Å². The lowest BCUT2D eigenvalue weighted by molar-refractivity contribution is 0.0696. The number of nitrogens with zero attached hydrogens (tertiary/aromatic N) is 3. The summed E-state index contributed by atoms with van der Waals surface area (Å²) >= 11 is 5.76. The number of aromatic nitrogens is 3. The van der Waals surface area contributed by atoms with E-state index in [0.29, 0.717) is 6.61 Å². The van der Waals surface area contributed by atoms with Crippen LogP contribution in [0.25, 0.3) is 22.3 Å². The summed E-state index contributed by atoms with van der Waals surface area (Å²) in [4.78, 5) is 20.1. The third-order valence-corrected chi connectivity index (χ3v) is 8.23. The molecule has 3 heterocycles. The smallest absolute Gasteiger partial charge is 0.335 e. The van der Waals surface area contributed by atoms with Crippen LogP contribution < -0.4 is 4.74 Å². The van der Waals surface area contributed by atoms with Gasteiger partial charge >= 0.3 is 5.97 Å². The van der Waals surface area contributed by atoms with Crippen molar-refractivity contribution in [3.63, 3.8) is 0 Å². The second-order valence-corrected chi connectivity index (χ2v) is 12.1. The number of halogens is 6. The van der Waals surface area contributed by atoms with Crippen molar-refractivity contribution < 1.29 is 41.3 Å². The lowest BCUT2D eigenvalue weighted by Gasteiger charge is -2.28. The van der Waals surface area contributed by atoms with Gasteiger partial charge in [0.1, 0.15) is 35.4 Å². The predicted molar refractivity (Wildman–Crippen MR) is 158 cm³/mol. The molecule has 0 aliphatic carbocycles. The molecule has 0 saturated carbocycles. The Morgan fingerprint density at radius 3 is 2.37 bits per heavy atom. The largest absolute Gasteiger partial charge is 0.478 e. The molecule has 6 rings (SSSR count). The second-order valence-electron chi connectivity index (χ2n) is 11.7. The first-order valence-electron chi connectivity index (χ1n) is 14.1. The average molecular weight is 658 g/mol. The van der Waals surface area contributed by atoms with E-state index in [-0.39, 0.29) is 63.0 Å². The molecule has 0 amide bonds. The van der Waals surface area contributed by atoms with Gasteiger partial charge in [0.05, 0.1) is 36.0 Å². The molecule has 0 bridgehead atoms. The first-order chi connectivity index (χ1) is 21.8. The van der Waals surface area contributed by atoms with Gasteiger partial charge in [-0.25, -0.2) is 36.7 Å². The van der Waals surface area contributed by atoms with Crippen LogP contribution in [0.4, 0.5) is 22.0 Å². The molecule has 5 aromatic rings. The van der Waals surface area contributed by atoms with Crippen LogP contribution in [0.15, 0.2) is 54.6 Å². The molecule has 1 aliphatic rings. The molecule has 2 aromatic heterocycles. The fraction of sp³-hybridized carbons (Fsp3) is 0.242. The van der Waals surface area contributed by atoms with E-state index >= 15 is 13.2 Å². The van der Waals surface area contributed by atoms with Crippen LogP contribution in [-0.2, 0) is 17.8 Å². The topological polar surface area (TPSA) is 86.5 Å². The van der Waals surface area contributed by atoms with Gasteiger partial charge in [-0.1, -0.05) is 31.5 Å². The Kier molecular flexibility index (Phi) is 8.20. The third kappa shape index (κ3) is 5.90. The number of ether oxygens (including phenoxy) is 2. The number of carboxylic acids is 1. The Morgan fingerprint density at radius 1 is 0.978 bits per heavy atom. The van der Waals surface area contributed by atoms with Crippen molar-refractivity contribution >= 4 is 28.6 Å². The van der Waals surface area contributed by atoms with Crippen LogP contribution in [-0.4, -0.2) is 38.8 Å². The molecule has 7 nitrogen and oxygen atoms in total. The van der Waals surface area contributed by atoms with Gasteiger partial charge in [-0.2, -0.15) is 0 Å². The number of pyridine rings is 1. The van der Waals surface area contributed by atoms with E-state index in [1.165, 1.54) is 24.3 Å². The number of hydrogen-bond donors (Lipinski definition) is 1. The minimum Gasteiger partial charge on any atom is -0.478 e. The Labute approximate surface area is 264 Å². The Hall–Kier alpha value is -4.55. The van der Waals surface area contributed by atoms with Crippen molar-refractivity contribution in [3.05, 3.63) is 111 Å². The summed E-state index contributed by atoms with van der Waals surface area (Å²) in [6.45, 7) is 3.98. The van der Waals surface area contributed by atoms with Gasteiger partial charge in [0, 0.05) is 33.5 Å². The second kappa shape index (κ2) is 12.0. The van der Waals surface area contributed by atoms with E-state index < -0.39 is 58.8 Å². The summed E-state index contributed by atoms with van der Waals surface area (Å²) in [6, 6.07) is 9.82. The summed E-state index contributed by atoms with van der Waals surface area (Å²) in [5.41, 5.74) is -1.11. The molecular formula is C33H25ClF5N3O4. The Balaban J connectivity index is 1.35. The number of carbonyl (C=O) groups is 1. The molecule has 46 heavy (non-hydrogen) atoms. The highest BCUT2D eigenvalue weighted by atomic mass is 35.5. The van der Waals surface area contributed by atoms with Crippen LogP contribution >= 0.6 is 11.6 Å². The lowest BCUT2D eigenvalue weighted by atomic mass is 9.87. The van der Waals surface area contributed by atoms with E-state index in [0.717, 1.165) is 30.3 Å². The lowest BCUT2D eigenvalue weighted by Crippen LogP contribution is -2.27. The standard InChI is InChI=1S/C33H25ClF5N3O4/c1-33(2)15-45-14-28(33)42-27-10-18(32(43)44)9-25(39)30(27)41-29(42)12-20-23(37)7-17(8-24(20)38)26-6-5-21(35)31(40-26)46-13-16-3-4-19(34)11-22(16)36/h3-11,28H,12-15H2,1-2H3,(H,43,44). The molecule has 238 valence electrons. The van der Waals surface area contributed by atoms with E-state index in [4.69, 9.17) is 21.1 Å². The van der Waals surface area contributed by atoms with Crippen molar-refractivity contribution in [2.45, 2.75) is 32.9 Å². The van der Waals surface area contributed by atoms with Gasteiger partial charge in [-0.05, 0) is 48.5 Å². The fourth-order valence-electron chi connectivity index (χ4n) is 5.52. The number of aromatic carboxylic acids is 1. The molecule has 3 aromatic carbocycles. The Morgan fingerprint density at radius 2 is 1.72 bits per heavy atom. The van der Waals surface area contributed by atoms with Crippen LogP contribution in [0.2, 0.25) is 5.02 Å². The summed E-state index contributed by atoms with van der Waals surface area (Å²) < 4.78 is 87.6. The SMILES string of the molecule is CC1(C)COCC1n1c(Cc2c(F)cc(-c3ccc(F)c(OCc4ccc(Cl)cc4F)n3)cc2F)nc2c(F)cc(C(=O)O)cc21. The molecule has 1 unspecified atom stereocenters. The zero-order chi connectivity index (χ0) is 32.9. The predicted octanol–water partition coefficient (Wildman–Crippen LogP) is 7.91. The molecule has 1 N–H and O–H groups in total. The number of carboxylic acid groups (broad SMARTS) is 1. The van der Waals surface area contributed by atoms with Crippen LogP contribution in [0.3, 0.4) is 0 Å². The van der Waals surface area contributed by atoms with E-state index in [1.54, 1.807) is 4.57 Å². The van der Waals surface area contributed by atoms with Gasteiger partial charge in [0.25, 0.3) is 5.88 Å². The van der Waals surface area contributed by atoms with Crippen molar-refractivity contribution in [2.75, 3.05) is 13.2 Å². The maximum atomic E-state index is 15.6. The molecule has 1 atom stereocenters. The van der Waals surface area contributed by atoms with Crippen molar-refractivity contribution in [1.82, 2.24) is 14.5 Å². The van der Waals surface area contributed by atoms with Gasteiger partial charge in [-0.3, -0.25) is 0 Å². The molecular weight excluding hydrogens is 633 g/mol. The molecule has 1 saturated heterocycles. The summed E-state index contributed by atoms with van der Waals surface area (Å²) in [5, 5.41) is 9.70. The normalized spacial score (nSPS) is 15.9. The molecule has 0 spiro atoms. The zero-order valence-electron chi connectivity index (χ0n) is 24.4. The van der Waals surface area contributed by atoms with Gasteiger partial charge in [-0.15, -0.1) is 0 Å². The van der Waals surface area contributed by atoms with Gasteiger partial charge < -0.3 is 19.1 Å². The zero-order valence-corrected chi connectivity index (χ0v) is 25.1. The van der Waals surface area contributed by atoms with Crippen molar-refractivity contribution in [1.29, 1.82) is 0 Å². The minimum atomic E-state index is -1.34. The highest BCUT2D eigenvalue weighted by Gasteiger charge is 2.39. The van der Waals surface area contributed by atoms with Gasteiger partial charge in [0.2, 0.25) is 0 Å². The first-order valence-corrected chi connectivity index (χ1v) is 14.4. The number of benzene rings is 3. The number of rotatable bonds is 8. The number of hydrogen-bond acceptors (Lipinski definition) is 5. The van der Waals surface area contributed by atoms with Crippen LogP contribution in [0, 0.1) is 34.5 Å². The first kappa shape index (κ1) is 31.4. The minimum absolute atomic E-state index is 0.0160. The summed E-state index contributed by atoms with van der Waals surface area (Å²) in [5.74, 6) is -6.10. The van der Waals surface area contributed by atoms with Gasteiger partial charge in [0.15, 0.2) is 11.6 Å². The summed E-state index contributed by atoms with van der Waals surface area (Å²) in [6.07, 6.45) is -0.404. The molecule has 13 heteroatoms. The monoisotopic (exact) mass is 657 g/mol. The molecule has 0 radical (unpaired) electrons. The molecule has 1 fully saturated rings. The quantitative estimate of drug-likeness (QED) is 0.171. The maximum Gasteiger partial charge on any atom is 0.335 e. The highest BCUT2D eigenvalue weighted by molar-refractivity contribution is 6.30. The van der Waals surface area contributed by atoms with E-state index in [9.17, 15) is 18.7 Å². The third-order valence-electron chi connectivity index (χ3n) is 8.00. The summed E-state index contributed by atoms with van der Waals surface area (Å²) in [7, 11) is 0. The van der Waals surface area contributed by atoms with E-state index in [2.05, 4.69) is 9.97 Å². The van der Waals surface area contributed by atoms with Crippen molar-refractivity contribution in [2.24, 2.45) is 5.41 Å². The Bertz CT molecular complexity index is 1990. The average Bonchev–Trinajstić information content (AvgIpc) is 3.53. The number of fused-ring (bicyclic) bond motifs is 1. The van der Waals surface area contributed by atoms with Crippen LogP contribution in [0.1, 0.15) is 47.2 Å². The molecule has 1 aliphatic heterocycles. The van der Waals surface area contributed by atoms with Crippen molar-refractivity contribution in [3.8, 4) is 17.1 Å². The fourth-order valence-corrected chi connectivity index (χ4v) is 5.68. The number of imidazole rings is 1. The highest BCUT2D eigenvalue weighted by Crippen LogP contribution is 2.41.